The van der Waals surface area contributed by atoms with Crippen molar-refractivity contribution in [2.75, 3.05) is 11.4 Å². The topological polar surface area (TPSA) is 96.7 Å². The van der Waals surface area contributed by atoms with Crippen LogP contribution in [0, 0.1) is 21.8 Å². The van der Waals surface area contributed by atoms with Gasteiger partial charge in [-0.05, 0) is 41.3 Å². The molecule has 0 radical (unpaired) electrons. The fourth-order valence-electron chi connectivity index (χ4n) is 4.21. The average Bonchev–Trinajstić information content (AvgIpc) is 3.26. The van der Waals surface area contributed by atoms with Crippen molar-refractivity contribution in [2.24, 2.45) is 5.92 Å². The van der Waals surface area contributed by atoms with Crippen molar-refractivity contribution in [3.05, 3.63) is 99.6 Å². The smallest absolute Gasteiger partial charge is 0.306 e. The number of hydrogen-bond acceptors (Lipinski definition) is 5. The molecule has 0 spiro atoms. The van der Waals surface area contributed by atoms with E-state index in [1.165, 1.54) is 16.5 Å². The van der Waals surface area contributed by atoms with Crippen LogP contribution in [0.25, 0.3) is 0 Å². The summed E-state index contributed by atoms with van der Waals surface area (Å²) < 4.78 is 13.8. The minimum atomic E-state index is -0.977. The van der Waals surface area contributed by atoms with Crippen LogP contribution in [0.5, 0.6) is 0 Å². The van der Waals surface area contributed by atoms with Crippen LogP contribution in [0.1, 0.15) is 30.0 Å². The van der Waals surface area contributed by atoms with Crippen molar-refractivity contribution in [2.45, 2.75) is 32.9 Å². The largest absolute Gasteiger partial charge is 0.334 e. The lowest BCUT2D eigenvalue weighted by atomic mass is 10.0. The van der Waals surface area contributed by atoms with Crippen LogP contribution in [0.2, 0.25) is 0 Å². The zero-order chi connectivity index (χ0) is 24.9. The van der Waals surface area contributed by atoms with Crippen molar-refractivity contribution >= 4 is 23.2 Å². The van der Waals surface area contributed by atoms with E-state index in [1.807, 2.05) is 30.3 Å². The number of halogens is 1. The van der Waals surface area contributed by atoms with Gasteiger partial charge in [-0.1, -0.05) is 37.3 Å². The number of hydrogen-bond donors (Lipinski definition) is 0. The van der Waals surface area contributed by atoms with Crippen LogP contribution >= 0.6 is 0 Å². The maximum Gasteiger partial charge on any atom is 0.306 e. The molecule has 0 bridgehead atoms. The molecule has 1 aliphatic rings. The van der Waals surface area contributed by atoms with Gasteiger partial charge < -0.3 is 9.80 Å². The second-order valence-electron chi connectivity index (χ2n) is 8.52. The third-order valence-corrected chi connectivity index (χ3v) is 6.12. The molecule has 1 aromatic heterocycles. The molecule has 1 atom stereocenters. The summed E-state index contributed by atoms with van der Waals surface area (Å²) in [6, 6.07) is 15.0. The van der Waals surface area contributed by atoms with E-state index in [2.05, 4.69) is 11.9 Å². The summed E-state index contributed by atoms with van der Waals surface area (Å²) in [6.07, 6.45) is 4.25. The van der Waals surface area contributed by atoms with E-state index in [4.69, 9.17) is 0 Å². The van der Waals surface area contributed by atoms with Gasteiger partial charge >= 0.3 is 5.69 Å². The standard InChI is InChI=1S/C26H25FN4O4/c1-2-18-5-7-19(8-6-18)15-29(16-20-4-3-11-28-14-20)26(33)21-12-25(32)30(17-21)22-9-10-23(27)24(13-22)31(34)35/h3-11,13-14,21H,2,12,15-17H2,1H3. The molecule has 4 rings (SSSR count). The van der Waals surface area contributed by atoms with Gasteiger partial charge in [0.15, 0.2) is 0 Å². The van der Waals surface area contributed by atoms with Crippen LogP contribution in [-0.2, 0) is 29.1 Å². The van der Waals surface area contributed by atoms with Crippen molar-refractivity contribution in [3.8, 4) is 0 Å². The first-order chi connectivity index (χ1) is 16.9. The first-order valence-electron chi connectivity index (χ1n) is 11.4. The molecule has 0 aliphatic carbocycles. The van der Waals surface area contributed by atoms with E-state index < -0.39 is 22.3 Å². The molecule has 1 fully saturated rings. The van der Waals surface area contributed by atoms with Crippen LogP contribution in [0.3, 0.4) is 0 Å². The number of nitrogens with zero attached hydrogens (tertiary/aromatic N) is 4. The summed E-state index contributed by atoms with van der Waals surface area (Å²) in [6.45, 7) is 2.84. The Morgan fingerprint density at radius 2 is 1.86 bits per heavy atom. The Balaban J connectivity index is 1.55. The Bertz CT molecular complexity index is 1230. The highest BCUT2D eigenvalue weighted by Crippen LogP contribution is 2.31. The Morgan fingerprint density at radius 1 is 1.14 bits per heavy atom. The Morgan fingerprint density at radius 3 is 2.51 bits per heavy atom. The van der Waals surface area contributed by atoms with Crippen molar-refractivity contribution in [1.82, 2.24) is 9.88 Å². The number of amides is 2. The summed E-state index contributed by atoms with van der Waals surface area (Å²) in [7, 11) is 0. The van der Waals surface area contributed by atoms with E-state index in [0.717, 1.165) is 29.7 Å². The number of carbonyl (C=O) groups excluding carboxylic acids is 2. The quantitative estimate of drug-likeness (QED) is 0.357. The normalized spacial score (nSPS) is 15.3. The SMILES string of the molecule is CCc1ccc(CN(Cc2cccnc2)C(=O)C2CC(=O)N(c3ccc(F)c([N+](=O)[O-])c3)C2)cc1. The lowest BCUT2D eigenvalue weighted by Crippen LogP contribution is -2.36. The summed E-state index contributed by atoms with van der Waals surface area (Å²) in [4.78, 5) is 43.8. The monoisotopic (exact) mass is 476 g/mol. The van der Waals surface area contributed by atoms with Gasteiger partial charge in [0.05, 0.1) is 16.5 Å². The third-order valence-electron chi connectivity index (χ3n) is 6.12. The average molecular weight is 477 g/mol. The molecule has 1 unspecified atom stereocenters. The highest BCUT2D eigenvalue weighted by Gasteiger charge is 2.38. The van der Waals surface area contributed by atoms with Crippen LogP contribution in [0.4, 0.5) is 15.8 Å². The fourth-order valence-corrected chi connectivity index (χ4v) is 4.21. The summed E-state index contributed by atoms with van der Waals surface area (Å²) in [5, 5.41) is 11.1. The molecule has 0 N–H and O–H groups in total. The van der Waals surface area contributed by atoms with E-state index in [0.29, 0.717) is 13.1 Å². The molecule has 2 heterocycles. The molecule has 1 saturated heterocycles. The summed E-state index contributed by atoms with van der Waals surface area (Å²) >= 11 is 0. The first-order valence-corrected chi connectivity index (χ1v) is 11.4. The number of nitro benzene ring substituents is 1. The number of rotatable bonds is 8. The number of carbonyl (C=O) groups is 2. The van der Waals surface area contributed by atoms with Crippen LogP contribution in [0.15, 0.2) is 67.0 Å². The molecule has 2 amide bonds. The summed E-state index contributed by atoms with van der Waals surface area (Å²) in [5.41, 5.74) is 2.52. The number of benzene rings is 2. The number of aryl methyl sites for hydroxylation is 1. The number of pyridine rings is 1. The minimum absolute atomic E-state index is 0.0255. The van der Waals surface area contributed by atoms with E-state index >= 15 is 0 Å². The number of anilines is 1. The second kappa shape index (κ2) is 10.4. The predicted molar refractivity (Wildman–Crippen MR) is 128 cm³/mol. The zero-order valence-electron chi connectivity index (χ0n) is 19.3. The molecule has 9 heteroatoms. The maximum atomic E-state index is 13.8. The van der Waals surface area contributed by atoms with Gasteiger partial charge in [-0.3, -0.25) is 24.7 Å². The molecular formula is C26H25FN4O4. The van der Waals surface area contributed by atoms with Gasteiger partial charge in [-0.2, -0.15) is 4.39 Å². The number of aromatic nitrogens is 1. The molecule has 8 nitrogen and oxygen atoms in total. The van der Waals surface area contributed by atoms with Gasteiger partial charge in [0.2, 0.25) is 17.6 Å². The fraction of sp³-hybridized carbons (Fsp3) is 0.269. The van der Waals surface area contributed by atoms with Gasteiger partial charge in [0.25, 0.3) is 0 Å². The molecule has 3 aromatic rings. The Labute approximate surface area is 202 Å². The Hall–Kier alpha value is -4.14. The number of nitro groups is 1. The van der Waals surface area contributed by atoms with Crippen LogP contribution in [-0.4, -0.2) is 33.2 Å². The van der Waals surface area contributed by atoms with E-state index in [1.54, 1.807) is 23.4 Å². The first kappa shape index (κ1) is 24.0. The molecule has 180 valence electrons. The molecule has 2 aromatic carbocycles. The van der Waals surface area contributed by atoms with E-state index in [-0.39, 0.29) is 30.5 Å². The van der Waals surface area contributed by atoms with Crippen molar-refractivity contribution in [3.63, 3.8) is 0 Å². The predicted octanol–water partition coefficient (Wildman–Crippen LogP) is 4.27. The summed E-state index contributed by atoms with van der Waals surface area (Å²) in [5.74, 6) is -2.13. The molecule has 35 heavy (non-hydrogen) atoms. The molecular weight excluding hydrogens is 451 g/mol. The van der Waals surface area contributed by atoms with Crippen LogP contribution < -0.4 is 4.90 Å². The van der Waals surface area contributed by atoms with Crippen molar-refractivity contribution in [1.29, 1.82) is 0 Å². The Kier molecular flexibility index (Phi) is 7.14. The minimum Gasteiger partial charge on any atom is -0.334 e. The molecule has 0 saturated carbocycles. The maximum absolute atomic E-state index is 13.8. The third kappa shape index (κ3) is 5.51. The zero-order valence-corrected chi connectivity index (χ0v) is 19.3. The lowest BCUT2D eigenvalue weighted by molar-refractivity contribution is -0.387. The van der Waals surface area contributed by atoms with E-state index in [9.17, 15) is 24.1 Å². The van der Waals surface area contributed by atoms with Gasteiger partial charge in [-0.15, -0.1) is 0 Å². The van der Waals surface area contributed by atoms with Gasteiger partial charge in [0.1, 0.15) is 0 Å². The molecule has 1 aliphatic heterocycles. The van der Waals surface area contributed by atoms with Crippen molar-refractivity contribution < 1.29 is 18.9 Å². The highest BCUT2D eigenvalue weighted by atomic mass is 19.1. The lowest BCUT2D eigenvalue weighted by Gasteiger charge is -2.26. The second-order valence-corrected chi connectivity index (χ2v) is 8.52. The highest BCUT2D eigenvalue weighted by molar-refractivity contribution is 6.00. The van der Waals surface area contributed by atoms with Gasteiger partial charge in [0, 0.05) is 44.5 Å². The van der Waals surface area contributed by atoms with Gasteiger partial charge in [-0.25, -0.2) is 0 Å².